The molecule has 136 valence electrons. The van der Waals surface area contributed by atoms with Crippen LogP contribution < -0.4 is 5.32 Å². The highest BCUT2D eigenvalue weighted by molar-refractivity contribution is 5.99. The lowest BCUT2D eigenvalue weighted by Crippen LogP contribution is -2.41. The molecule has 0 bridgehead atoms. The first kappa shape index (κ1) is 17.8. The SMILES string of the molecule is CC(=O)c1c[nH]c(C(=O)N2CCC(C(=O)Nc3ccc(C)cn3)CC2)c1. The van der Waals surface area contributed by atoms with Gasteiger partial charge in [0, 0.05) is 37.0 Å². The summed E-state index contributed by atoms with van der Waals surface area (Å²) in [6.07, 6.45) is 4.46. The van der Waals surface area contributed by atoms with E-state index >= 15 is 0 Å². The molecule has 2 aromatic heterocycles. The van der Waals surface area contributed by atoms with E-state index in [1.165, 1.54) is 6.92 Å². The number of nitrogens with zero attached hydrogens (tertiary/aromatic N) is 2. The smallest absolute Gasteiger partial charge is 0.270 e. The standard InChI is InChI=1S/C19H22N4O3/c1-12-3-4-17(21-10-12)22-18(25)14-5-7-23(8-6-14)19(26)16-9-15(11-20-16)13(2)24/h3-4,9-11,14,20H,5-8H2,1-2H3,(H,21,22,25). The highest BCUT2D eigenvalue weighted by Crippen LogP contribution is 2.21. The second-order valence-electron chi connectivity index (χ2n) is 6.63. The number of hydrogen-bond donors (Lipinski definition) is 2. The number of anilines is 1. The number of aromatic amines is 1. The number of nitrogens with one attached hydrogen (secondary N) is 2. The van der Waals surface area contributed by atoms with Crippen molar-refractivity contribution in [2.24, 2.45) is 5.92 Å². The Bertz CT molecular complexity index is 818. The van der Waals surface area contributed by atoms with Crippen LogP contribution >= 0.6 is 0 Å². The Morgan fingerprint density at radius 1 is 1.23 bits per heavy atom. The molecule has 0 aliphatic carbocycles. The number of aryl methyl sites for hydroxylation is 1. The van der Waals surface area contributed by atoms with Gasteiger partial charge in [0.25, 0.3) is 5.91 Å². The molecule has 0 aromatic carbocycles. The lowest BCUT2D eigenvalue weighted by atomic mass is 9.95. The van der Waals surface area contributed by atoms with Crippen molar-refractivity contribution in [1.29, 1.82) is 0 Å². The van der Waals surface area contributed by atoms with Crippen molar-refractivity contribution < 1.29 is 14.4 Å². The molecule has 1 saturated heterocycles. The summed E-state index contributed by atoms with van der Waals surface area (Å²) in [6.45, 7) is 4.42. The molecule has 2 N–H and O–H groups in total. The van der Waals surface area contributed by atoms with Gasteiger partial charge in [-0.1, -0.05) is 6.07 Å². The summed E-state index contributed by atoms with van der Waals surface area (Å²) >= 11 is 0. The fraction of sp³-hybridized carbons (Fsp3) is 0.368. The minimum atomic E-state index is -0.142. The van der Waals surface area contributed by atoms with Crippen LogP contribution in [0.25, 0.3) is 0 Å². The number of carbonyl (C=O) groups excluding carboxylic acids is 3. The first-order valence-corrected chi connectivity index (χ1v) is 8.66. The number of rotatable bonds is 4. The van der Waals surface area contributed by atoms with Crippen molar-refractivity contribution in [3.63, 3.8) is 0 Å². The number of pyridine rings is 1. The van der Waals surface area contributed by atoms with Crippen LogP contribution in [-0.4, -0.2) is 45.6 Å². The van der Waals surface area contributed by atoms with Gasteiger partial charge in [-0.2, -0.15) is 0 Å². The van der Waals surface area contributed by atoms with Gasteiger partial charge in [-0.3, -0.25) is 14.4 Å². The minimum absolute atomic E-state index is 0.0628. The van der Waals surface area contributed by atoms with E-state index in [-0.39, 0.29) is 23.5 Å². The first-order chi connectivity index (χ1) is 12.4. The number of Topliss-reactive ketones (excluding diaryl/α,β-unsaturated/α-hetero) is 1. The van der Waals surface area contributed by atoms with Crippen LogP contribution in [-0.2, 0) is 4.79 Å². The number of H-pyrrole nitrogens is 1. The van der Waals surface area contributed by atoms with Crippen LogP contribution in [0.15, 0.2) is 30.6 Å². The molecule has 0 atom stereocenters. The third kappa shape index (κ3) is 3.99. The van der Waals surface area contributed by atoms with Crippen LogP contribution in [0.4, 0.5) is 5.82 Å². The van der Waals surface area contributed by atoms with E-state index in [0.717, 1.165) is 5.56 Å². The molecule has 0 unspecified atom stereocenters. The molecule has 1 aliphatic rings. The molecule has 7 heteroatoms. The molecule has 26 heavy (non-hydrogen) atoms. The van der Waals surface area contributed by atoms with Gasteiger partial charge >= 0.3 is 0 Å². The summed E-state index contributed by atoms with van der Waals surface area (Å²) < 4.78 is 0. The van der Waals surface area contributed by atoms with Gasteiger partial charge in [-0.05, 0) is 44.4 Å². The second kappa shape index (κ2) is 7.51. The number of hydrogen-bond acceptors (Lipinski definition) is 4. The van der Waals surface area contributed by atoms with Crippen LogP contribution in [0.3, 0.4) is 0 Å². The number of ketones is 1. The van der Waals surface area contributed by atoms with Gasteiger partial charge in [0.1, 0.15) is 11.5 Å². The van der Waals surface area contributed by atoms with Crippen LogP contribution in [0.1, 0.15) is 46.2 Å². The Kier molecular flexibility index (Phi) is 5.16. The summed E-state index contributed by atoms with van der Waals surface area (Å²) in [5.41, 5.74) is 1.93. The van der Waals surface area contributed by atoms with Crippen molar-refractivity contribution in [1.82, 2.24) is 14.9 Å². The molecule has 0 saturated carbocycles. The normalized spacial score (nSPS) is 14.9. The zero-order valence-corrected chi connectivity index (χ0v) is 14.9. The largest absolute Gasteiger partial charge is 0.356 e. The van der Waals surface area contributed by atoms with Crippen LogP contribution in [0.2, 0.25) is 0 Å². The summed E-state index contributed by atoms with van der Waals surface area (Å²) in [5, 5.41) is 2.83. The lowest BCUT2D eigenvalue weighted by molar-refractivity contribution is -0.121. The van der Waals surface area contributed by atoms with E-state index in [2.05, 4.69) is 15.3 Å². The Hall–Kier alpha value is -2.96. The maximum Gasteiger partial charge on any atom is 0.270 e. The van der Waals surface area contributed by atoms with Gasteiger partial charge < -0.3 is 15.2 Å². The van der Waals surface area contributed by atoms with E-state index in [9.17, 15) is 14.4 Å². The van der Waals surface area contributed by atoms with E-state index in [1.54, 1.807) is 29.4 Å². The summed E-state index contributed by atoms with van der Waals surface area (Å²) in [7, 11) is 0. The first-order valence-electron chi connectivity index (χ1n) is 8.66. The molecule has 0 radical (unpaired) electrons. The van der Waals surface area contributed by atoms with E-state index in [0.29, 0.717) is 43.0 Å². The van der Waals surface area contributed by atoms with E-state index in [4.69, 9.17) is 0 Å². The highest BCUT2D eigenvalue weighted by atomic mass is 16.2. The average Bonchev–Trinajstić information content (AvgIpc) is 3.13. The summed E-state index contributed by atoms with van der Waals surface area (Å²) in [6, 6.07) is 5.26. The Labute approximate surface area is 151 Å². The third-order valence-corrected chi connectivity index (χ3v) is 4.64. The van der Waals surface area contributed by atoms with Gasteiger partial charge in [-0.25, -0.2) is 4.98 Å². The Morgan fingerprint density at radius 2 is 1.96 bits per heavy atom. The van der Waals surface area contributed by atoms with Crippen LogP contribution in [0.5, 0.6) is 0 Å². The lowest BCUT2D eigenvalue weighted by Gasteiger charge is -2.31. The molecule has 0 spiro atoms. The minimum Gasteiger partial charge on any atom is -0.356 e. The predicted molar refractivity (Wildman–Crippen MR) is 97.0 cm³/mol. The average molecular weight is 354 g/mol. The topological polar surface area (TPSA) is 95.2 Å². The predicted octanol–water partition coefficient (Wildman–Crippen LogP) is 2.41. The summed E-state index contributed by atoms with van der Waals surface area (Å²) in [5.74, 6) is 0.116. The fourth-order valence-corrected chi connectivity index (χ4v) is 3.01. The van der Waals surface area contributed by atoms with Gasteiger partial charge in [-0.15, -0.1) is 0 Å². The second-order valence-corrected chi connectivity index (χ2v) is 6.63. The number of likely N-dealkylation sites (tertiary alicyclic amines) is 1. The molecule has 1 fully saturated rings. The van der Waals surface area contributed by atoms with Crippen molar-refractivity contribution in [3.05, 3.63) is 47.4 Å². The third-order valence-electron chi connectivity index (χ3n) is 4.64. The van der Waals surface area contributed by atoms with E-state index < -0.39 is 0 Å². The molecule has 3 heterocycles. The molecular weight excluding hydrogens is 332 g/mol. The summed E-state index contributed by atoms with van der Waals surface area (Å²) in [4.78, 5) is 45.0. The van der Waals surface area contributed by atoms with Crippen molar-refractivity contribution in [2.75, 3.05) is 18.4 Å². The highest BCUT2D eigenvalue weighted by Gasteiger charge is 2.28. The number of aromatic nitrogens is 2. The molecule has 3 rings (SSSR count). The van der Waals surface area contributed by atoms with Crippen LogP contribution in [0, 0.1) is 12.8 Å². The number of piperidine rings is 1. The molecule has 1 aliphatic heterocycles. The zero-order chi connectivity index (χ0) is 18.7. The van der Waals surface area contributed by atoms with E-state index in [1.807, 2.05) is 13.0 Å². The van der Waals surface area contributed by atoms with Crippen molar-refractivity contribution >= 4 is 23.4 Å². The monoisotopic (exact) mass is 354 g/mol. The molecule has 2 amide bonds. The van der Waals surface area contributed by atoms with Gasteiger partial charge in [0.2, 0.25) is 5.91 Å². The quantitative estimate of drug-likeness (QED) is 0.824. The number of carbonyl (C=O) groups is 3. The Balaban J connectivity index is 1.54. The van der Waals surface area contributed by atoms with Gasteiger partial charge in [0.05, 0.1) is 0 Å². The van der Waals surface area contributed by atoms with Crippen molar-refractivity contribution in [2.45, 2.75) is 26.7 Å². The van der Waals surface area contributed by atoms with Crippen molar-refractivity contribution in [3.8, 4) is 0 Å². The maximum absolute atomic E-state index is 12.5. The molecule has 7 nitrogen and oxygen atoms in total. The fourth-order valence-electron chi connectivity index (χ4n) is 3.01. The Morgan fingerprint density at radius 3 is 2.54 bits per heavy atom. The number of amides is 2. The maximum atomic E-state index is 12.5. The molecular formula is C19H22N4O3. The molecule has 2 aromatic rings. The van der Waals surface area contributed by atoms with Gasteiger partial charge in [0.15, 0.2) is 5.78 Å². The zero-order valence-electron chi connectivity index (χ0n) is 14.9.